The summed E-state index contributed by atoms with van der Waals surface area (Å²) in [6.07, 6.45) is 0.786. The highest BCUT2D eigenvalue weighted by Crippen LogP contribution is 2.18. The van der Waals surface area contributed by atoms with Crippen molar-refractivity contribution in [2.45, 2.75) is 58.2 Å². The molecular weight excluding hydrogens is 190 g/mol. The normalized spacial score (nSPS) is 15.3. The minimum absolute atomic E-state index is 0.0626. The molecule has 86 valence electrons. The topological polar surface area (TPSA) is 57.7 Å². The summed E-state index contributed by atoms with van der Waals surface area (Å²) in [6, 6.07) is 2.14. The minimum Gasteiger partial charge on any atom is -0.379 e. The maximum absolute atomic E-state index is 8.76. The molecule has 0 aromatic heterocycles. The maximum Gasteiger partial charge on any atom is 0.161 e. The molecule has 4 nitrogen and oxygen atoms in total. The zero-order valence-corrected chi connectivity index (χ0v) is 10.5. The van der Waals surface area contributed by atoms with Gasteiger partial charge in [0.1, 0.15) is 0 Å². The van der Waals surface area contributed by atoms with Crippen LogP contribution in [-0.4, -0.2) is 24.3 Å². The highest BCUT2D eigenvalue weighted by atomic mass is 16.5. The van der Waals surface area contributed by atoms with E-state index in [0.29, 0.717) is 0 Å². The molecule has 1 unspecified atom stereocenters. The molecule has 0 fully saturated rings. The third-order valence-corrected chi connectivity index (χ3v) is 2.12. The third-order valence-electron chi connectivity index (χ3n) is 2.12. The predicted molar refractivity (Wildman–Crippen MR) is 59.7 cm³/mol. The van der Waals surface area contributed by atoms with Crippen molar-refractivity contribution in [2.75, 3.05) is 7.11 Å². The number of azo groups is 1. The first kappa shape index (κ1) is 14.1. The van der Waals surface area contributed by atoms with Crippen LogP contribution in [0.5, 0.6) is 0 Å². The monoisotopic (exact) mass is 211 g/mol. The van der Waals surface area contributed by atoms with E-state index in [9.17, 15) is 0 Å². The number of ether oxygens (including phenoxy) is 1. The standard InChI is InChI=1S/C11H21N3O/c1-9(7-11(4,5)15-6)13-14-10(2,3)8-12/h9H,7H2,1-6H3/b14-13+. The molecule has 0 amide bonds. The summed E-state index contributed by atoms with van der Waals surface area (Å²) in [6.45, 7) is 9.47. The first-order valence-electron chi connectivity index (χ1n) is 5.11. The number of nitriles is 1. The van der Waals surface area contributed by atoms with Crippen LogP contribution < -0.4 is 0 Å². The van der Waals surface area contributed by atoms with E-state index < -0.39 is 5.54 Å². The van der Waals surface area contributed by atoms with Crippen molar-refractivity contribution in [2.24, 2.45) is 10.2 Å². The Morgan fingerprint density at radius 3 is 2.27 bits per heavy atom. The second kappa shape index (κ2) is 5.22. The van der Waals surface area contributed by atoms with Gasteiger partial charge in [-0.25, -0.2) is 0 Å². The van der Waals surface area contributed by atoms with Gasteiger partial charge in [0, 0.05) is 7.11 Å². The Morgan fingerprint density at radius 2 is 1.87 bits per heavy atom. The number of hydrogen-bond donors (Lipinski definition) is 0. The Balaban J connectivity index is 4.28. The van der Waals surface area contributed by atoms with Crippen LogP contribution in [0, 0.1) is 11.3 Å². The largest absolute Gasteiger partial charge is 0.379 e. The van der Waals surface area contributed by atoms with Gasteiger partial charge in [0.2, 0.25) is 0 Å². The fourth-order valence-electron chi connectivity index (χ4n) is 1.10. The molecule has 0 aliphatic carbocycles. The van der Waals surface area contributed by atoms with Gasteiger partial charge in [0.15, 0.2) is 5.54 Å². The van der Waals surface area contributed by atoms with E-state index in [1.165, 1.54) is 0 Å². The molecular formula is C11H21N3O. The zero-order chi connectivity index (χ0) is 12.1. The van der Waals surface area contributed by atoms with Gasteiger partial charge in [0.05, 0.1) is 17.7 Å². The molecule has 4 heteroatoms. The Morgan fingerprint density at radius 1 is 1.33 bits per heavy atom. The van der Waals surface area contributed by atoms with Crippen LogP contribution >= 0.6 is 0 Å². The van der Waals surface area contributed by atoms with E-state index in [4.69, 9.17) is 10.00 Å². The van der Waals surface area contributed by atoms with E-state index in [1.54, 1.807) is 21.0 Å². The summed E-state index contributed by atoms with van der Waals surface area (Å²) in [5.74, 6) is 0. The van der Waals surface area contributed by atoms with E-state index in [1.807, 2.05) is 20.8 Å². The maximum atomic E-state index is 8.76. The lowest BCUT2D eigenvalue weighted by Gasteiger charge is -2.24. The fourth-order valence-corrected chi connectivity index (χ4v) is 1.10. The molecule has 0 aromatic rings. The molecule has 15 heavy (non-hydrogen) atoms. The molecule has 0 bridgehead atoms. The minimum atomic E-state index is -0.731. The van der Waals surface area contributed by atoms with Gasteiger partial charge < -0.3 is 4.74 Å². The Kier molecular flexibility index (Phi) is 4.89. The van der Waals surface area contributed by atoms with E-state index in [2.05, 4.69) is 16.3 Å². The predicted octanol–water partition coefficient (Wildman–Crippen LogP) is 2.94. The van der Waals surface area contributed by atoms with Gasteiger partial charge in [-0.2, -0.15) is 15.5 Å². The van der Waals surface area contributed by atoms with E-state index >= 15 is 0 Å². The van der Waals surface area contributed by atoms with Gasteiger partial charge in [-0.3, -0.25) is 0 Å². The molecule has 0 saturated carbocycles. The fraction of sp³-hybridized carbons (Fsp3) is 0.909. The molecule has 0 N–H and O–H groups in total. The van der Waals surface area contributed by atoms with Crippen molar-refractivity contribution in [3.63, 3.8) is 0 Å². The average Bonchev–Trinajstić information content (AvgIpc) is 2.15. The molecule has 0 heterocycles. The molecule has 0 aromatic carbocycles. The smallest absolute Gasteiger partial charge is 0.161 e. The number of methoxy groups -OCH3 is 1. The van der Waals surface area contributed by atoms with Gasteiger partial charge in [-0.1, -0.05) is 0 Å². The molecule has 0 aliphatic heterocycles. The number of nitrogens with zero attached hydrogens (tertiary/aromatic N) is 3. The van der Waals surface area contributed by atoms with E-state index in [-0.39, 0.29) is 11.6 Å². The molecule has 1 atom stereocenters. The van der Waals surface area contributed by atoms with Crippen molar-refractivity contribution in [1.29, 1.82) is 5.26 Å². The molecule has 0 saturated heterocycles. The summed E-state index contributed by atoms with van der Waals surface area (Å²) in [4.78, 5) is 0. The summed E-state index contributed by atoms with van der Waals surface area (Å²) < 4.78 is 5.30. The molecule has 0 aliphatic rings. The van der Waals surface area contributed by atoms with Crippen molar-refractivity contribution in [3.05, 3.63) is 0 Å². The average molecular weight is 211 g/mol. The van der Waals surface area contributed by atoms with Crippen LogP contribution in [0.1, 0.15) is 41.0 Å². The van der Waals surface area contributed by atoms with Crippen LogP contribution in [0.25, 0.3) is 0 Å². The lowest BCUT2D eigenvalue weighted by Crippen LogP contribution is -2.27. The van der Waals surface area contributed by atoms with Crippen molar-refractivity contribution >= 4 is 0 Å². The van der Waals surface area contributed by atoms with Crippen LogP contribution in [-0.2, 0) is 4.74 Å². The van der Waals surface area contributed by atoms with Crippen molar-refractivity contribution < 1.29 is 4.74 Å². The zero-order valence-electron chi connectivity index (χ0n) is 10.5. The van der Waals surface area contributed by atoms with Crippen molar-refractivity contribution in [3.8, 4) is 6.07 Å². The van der Waals surface area contributed by atoms with E-state index in [0.717, 1.165) is 6.42 Å². The summed E-state index contributed by atoms with van der Waals surface area (Å²) >= 11 is 0. The van der Waals surface area contributed by atoms with Crippen LogP contribution in [0.15, 0.2) is 10.2 Å². The Labute approximate surface area is 92.3 Å². The van der Waals surface area contributed by atoms with Crippen molar-refractivity contribution in [1.82, 2.24) is 0 Å². The van der Waals surface area contributed by atoms with Crippen LogP contribution in [0.3, 0.4) is 0 Å². The van der Waals surface area contributed by atoms with Gasteiger partial charge in [0.25, 0.3) is 0 Å². The summed E-state index contributed by atoms with van der Waals surface area (Å²) in [5.41, 5.74) is -0.930. The quantitative estimate of drug-likeness (QED) is 0.656. The molecule has 0 radical (unpaired) electrons. The van der Waals surface area contributed by atoms with Crippen LogP contribution in [0.4, 0.5) is 0 Å². The molecule has 0 rings (SSSR count). The summed E-state index contributed by atoms with van der Waals surface area (Å²) in [5, 5.41) is 16.9. The highest BCUT2D eigenvalue weighted by Gasteiger charge is 2.21. The highest BCUT2D eigenvalue weighted by molar-refractivity contribution is 4.99. The first-order chi connectivity index (χ1) is 6.72. The third kappa shape index (κ3) is 6.19. The lowest BCUT2D eigenvalue weighted by molar-refractivity contribution is 0.0110. The van der Waals surface area contributed by atoms with Crippen LogP contribution in [0.2, 0.25) is 0 Å². The SMILES string of the molecule is COC(C)(C)CC(C)/N=N/C(C)(C)C#N. The second-order valence-corrected chi connectivity index (χ2v) is 4.90. The summed E-state index contributed by atoms with van der Waals surface area (Å²) in [7, 11) is 1.68. The lowest BCUT2D eigenvalue weighted by atomic mass is 10.0. The Bertz CT molecular complexity index is 263. The van der Waals surface area contributed by atoms with Gasteiger partial charge in [-0.05, 0) is 41.0 Å². The molecule has 0 spiro atoms. The number of hydrogen-bond acceptors (Lipinski definition) is 4. The number of rotatable bonds is 5. The first-order valence-corrected chi connectivity index (χ1v) is 5.11. The van der Waals surface area contributed by atoms with Gasteiger partial charge >= 0.3 is 0 Å². The van der Waals surface area contributed by atoms with Gasteiger partial charge in [-0.15, -0.1) is 0 Å². The Hall–Kier alpha value is -0.950. The second-order valence-electron chi connectivity index (χ2n) is 4.90.